The summed E-state index contributed by atoms with van der Waals surface area (Å²) in [6.45, 7) is 0. The lowest BCUT2D eigenvalue weighted by Gasteiger charge is -2.02. The van der Waals surface area contributed by atoms with Gasteiger partial charge in [0.2, 0.25) is 0 Å². The molecule has 0 spiro atoms. The Morgan fingerprint density at radius 3 is 2.32 bits per heavy atom. The van der Waals surface area contributed by atoms with E-state index in [-0.39, 0.29) is 5.75 Å². The van der Waals surface area contributed by atoms with Gasteiger partial charge in [-0.2, -0.15) is 4.73 Å². The van der Waals surface area contributed by atoms with Crippen molar-refractivity contribution in [2.45, 2.75) is 0 Å². The SMILES string of the molecule is Oc1ccccc1-c1nc(-c2ccccc2)cn1O. The monoisotopic (exact) mass is 252 g/mol. The van der Waals surface area contributed by atoms with Gasteiger partial charge in [0.1, 0.15) is 5.75 Å². The predicted octanol–water partition coefficient (Wildman–Crippen LogP) is 3.16. The number of aromatic nitrogens is 2. The van der Waals surface area contributed by atoms with E-state index in [9.17, 15) is 10.3 Å². The molecule has 0 aliphatic rings. The molecule has 1 heterocycles. The fourth-order valence-corrected chi connectivity index (χ4v) is 1.97. The van der Waals surface area contributed by atoms with Crippen LogP contribution in [0.3, 0.4) is 0 Å². The molecule has 1 aromatic heterocycles. The zero-order valence-corrected chi connectivity index (χ0v) is 10.1. The Hall–Kier alpha value is -2.75. The number of imidazole rings is 1. The minimum atomic E-state index is 0.0861. The van der Waals surface area contributed by atoms with Gasteiger partial charge < -0.3 is 10.3 Å². The van der Waals surface area contributed by atoms with Crippen molar-refractivity contribution in [3.63, 3.8) is 0 Å². The molecule has 0 bridgehead atoms. The van der Waals surface area contributed by atoms with E-state index in [0.29, 0.717) is 17.1 Å². The number of para-hydroxylation sites is 1. The van der Waals surface area contributed by atoms with Gasteiger partial charge in [0.25, 0.3) is 0 Å². The van der Waals surface area contributed by atoms with Crippen molar-refractivity contribution in [3.05, 3.63) is 60.8 Å². The van der Waals surface area contributed by atoms with Gasteiger partial charge in [-0.3, -0.25) is 0 Å². The van der Waals surface area contributed by atoms with E-state index in [0.717, 1.165) is 10.3 Å². The molecule has 0 saturated heterocycles. The van der Waals surface area contributed by atoms with Gasteiger partial charge in [-0.15, -0.1) is 0 Å². The second-order valence-corrected chi connectivity index (χ2v) is 4.18. The molecule has 2 aromatic carbocycles. The fraction of sp³-hybridized carbons (Fsp3) is 0. The van der Waals surface area contributed by atoms with E-state index >= 15 is 0 Å². The molecule has 19 heavy (non-hydrogen) atoms. The average molecular weight is 252 g/mol. The number of nitrogens with zero attached hydrogens (tertiary/aromatic N) is 2. The first-order chi connectivity index (χ1) is 9.25. The van der Waals surface area contributed by atoms with Crippen LogP contribution in [0.1, 0.15) is 0 Å². The van der Waals surface area contributed by atoms with Crippen LogP contribution in [0.25, 0.3) is 22.6 Å². The molecule has 0 saturated carbocycles. The maximum absolute atomic E-state index is 9.91. The lowest BCUT2D eigenvalue weighted by atomic mass is 10.2. The van der Waals surface area contributed by atoms with Crippen LogP contribution in [0.4, 0.5) is 0 Å². The molecule has 0 aliphatic heterocycles. The van der Waals surface area contributed by atoms with Gasteiger partial charge in [0, 0.05) is 5.56 Å². The third-order valence-electron chi connectivity index (χ3n) is 2.90. The molecule has 3 aromatic rings. The van der Waals surface area contributed by atoms with Gasteiger partial charge in [0.15, 0.2) is 5.82 Å². The van der Waals surface area contributed by atoms with Crippen LogP contribution < -0.4 is 0 Å². The highest BCUT2D eigenvalue weighted by molar-refractivity contribution is 5.68. The lowest BCUT2D eigenvalue weighted by molar-refractivity contribution is 0.190. The van der Waals surface area contributed by atoms with Gasteiger partial charge >= 0.3 is 0 Å². The Bertz CT molecular complexity index is 705. The molecule has 94 valence electrons. The van der Waals surface area contributed by atoms with Crippen molar-refractivity contribution >= 4 is 0 Å². The molecule has 0 unspecified atom stereocenters. The van der Waals surface area contributed by atoms with E-state index in [1.54, 1.807) is 24.3 Å². The molecule has 0 radical (unpaired) electrons. The van der Waals surface area contributed by atoms with Crippen LogP contribution in [0.5, 0.6) is 5.75 Å². The summed E-state index contributed by atoms with van der Waals surface area (Å²) in [4.78, 5) is 4.36. The molecular formula is C15H12N2O2. The number of aromatic hydroxyl groups is 1. The van der Waals surface area contributed by atoms with Crippen molar-refractivity contribution < 1.29 is 10.3 Å². The molecule has 3 rings (SSSR count). The normalized spacial score (nSPS) is 10.5. The first-order valence-corrected chi connectivity index (χ1v) is 5.88. The number of hydrogen-bond donors (Lipinski definition) is 2. The topological polar surface area (TPSA) is 58.3 Å². The Balaban J connectivity index is 2.11. The summed E-state index contributed by atoms with van der Waals surface area (Å²) in [6.07, 6.45) is 1.52. The summed E-state index contributed by atoms with van der Waals surface area (Å²) in [6, 6.07) is 16.3. The average Bonchev–Trinajstić information content (AvgIpc) is 2.82. The molecule has 0 atom stereocenters. The van der Waals surface area contributed by atoms with E-state index in [4.69, 9.17) is 0 Å². The summed E-state index contributed by atoms with van der Waals surface area (Å²) < 4.78 is 0.928. The van der Waals surface area contributed by atoms with E-state index < -0.39 is 0 Å². The van der Waals surface area contributed by atoms with E-state index in [1.165, 1.54) is 6.20 Å². The summed E-state index contributed by atoms with van der Waals surface area (Å²) in [7, 11) is 0. The largest absolute Gasteiger partial charge is 0.507 e. The highest BCUT2D eigenvalue weighted by Crippen LogP contribution is 2.29. The number of rotatable bonds is 2. The quantitative estimate of drug-likeness (QED) is 0.689. The first kappa shape index (κ1) is 11.3. The van der Waals surface area contributed by atoms with Crippen LogP contribution in [0.15, 0.2) is 60.8 Å². The molecule has 0 aliphatic carbocycles. The minimum absolute atomic E-state index is 0.0861. The molecule has 0 amide bonds. The second-order valence-electron chi connectivity index (χ2n) is 4.18. The fourth-order valence-electron chi connectivity index (χ4n) is 1.97. The smallest absolute Gasteiger partial charge is 0.179 e. The Morgan fingerprint density at radius 1 is 0.895 bits per heavy atom. The Morgan fingerprint density at radius 2 is 1.58 bits per heavy atom. The van der Waals surface area contributed by atoms with Crippen molar-refractivity contribution in [1.82, 2.24) is 9.71 Å². The Labute approximate surface area is 110 Å². The van der Waals surface area contributed by atoms with Crippen LogP contribution in [-0.4, -0.2) is 20.0 Å². The zero-order valence-electron chi connectivity index (χ0n) is 10.1. The van der Waals surface area contributed by atoms with Gasteiger partial charge in [-0.25, -0.2) is 4.98 Å². The molecule has 0 fully saturated rings. The van der Waals surface area contributed by atoms with Crippen molar-refractivity contribution in [3.8, 4) is 28.4 Å². The summed E-state index contributed by atoms with van der Waals surface area (Å²) in [5.74, 6) is 0.403. The van der Waals surface area contributed by atoms with Crippen LogP contribution >= 0.6 is 0 Å². The number of phenolic OH excluding ortho intramolecular Hbond substituents is 1. The highest BCUT2D eigenvalue weighted by Gasteiger charge is 2.13. The molecule has 4 nitrogen and oxygen atoms in total. The Kier molecular flexibility index (Phi) is 2.68. The van der Waals surface area contributed by atoms with Crippen LogP contribution in [-0.2, 0) is 0 Å². The van der Waals surface area contributed by atoms with Crippen LogP contribution in [0, 0.1) is 0 Å². The summed E-state index contributed by atoms with van der Waals surface area (Å²) in [5.41, 5.74) is 2.06. The third kappa shape index (κ3) is 2.04. The van der Waals surface area contributed by atoms with Crippen LogP contribution in [0.2, 0.25) is 0 Å². The van der Waals surface area contributed by atoms with E-state index in [1.807, 2.05) is 30.3 Å². The summed E-state index contributed by atoms with van der Waals surface area (Å²) in [5, 5.41) is 19.7. The molecule has 4 heteroatoms. The zero-order chi connectivity index (χ0) is 13.2. The maximum Gasteiger partial charge on any atom is 0.179 e. The molecule has 2 N–H and O–H groups in total. The maximum atomic E-state index is 9.91. The van der Waals surface area contributed by atoms with Gasteiger partial charge in [-0.05, 0) is 12.1 Å². The molecular weight excluding hydrogens is 240 g/mol. The number of benzene rings is 2. The number of phenols is 1. The third-order valence-corrected chi connectivity index (χ3v) is 2.90. The van der Waals surface area contributed by atoms with Gasteiger partial charge in [0.05, 0.1) is 17.5 Å². The van der Waals surface area contributed by atoms with Crippen molar-refractivity contribution in [1.29, 1.82) is 0 Å². The van der Waals surface area contributed by atoms with E-state index in [2.05, 4.69) is 4.98 Å². The minimum Gasteiger partial charge on any atom is -0.507 e. The standard InChI is InChI=1S/C15H12N2O2/c18-14-9-5-4-8-12(14)15-16-13(10-17(15)19)11-6-2-1-3-7-11/h1-10,18-19H. The lowest BCUT2D eigenvalue weighted by Crippen LogP contribution is -1.92. The van der Waals surface area contributed by atoms with Crippen molar-refractivity contribution in [2.75, 3.05) is 0 Å². The second kappa shape index (κ2) is 4.49. The first-order valence-electron chi connectivity index (χ1n) is 5.88. The van der Waals surface area contributed by atoms with Crippen molar-refractivity contribution in [2.24, 2.45) is 0 Å². The van der Waals surface area contributed by atoms with Gasteiger partial charge in [-0.1, -0.05) is 42.5 Å². The predicted molar refractivity (Wildman–Crippen MR) is 71.9 cm³/mol. The summed E-state index contributed by atoms with van der Waals surface area (Å²) >= 11 is 0. The highest BCUT2D eigenvalue weighted by atomic mass is 16.5. The number of hydrogen-bond acceptors (Lipinski definition) is 3.